The van der Waals surface area contributed by atoms with Gasteiger partial charge in [0, 0.05) is 0 Å². The molecule has 0 aromatic carbocycles. The molecule has 2 rings (SSSR count). The van der Waals surface area contributed by atoms with Crippen molar-refractivity contribution in [2.75, 3.05) is 14.2 Å². The summed E-state index contributed by atoms with van der Waals surface area (Å²) in [7, 11) is 2.78. The van der Waals surface area contributed by atoms with Crippen molar-refractivity contribution in [3.63, 3.8) is 0 Å². The minimum atomic E-state index is -0.428. The molecule has 21 heavy (non-hydrogen) atoms. The molecule has 0 aromatic heterocycles. The van der Waals surface area contributed by atoms with Crippen molar-refractivity contribution in [2.24, 2.45) is 40.9 Å². The van der Waals surface area contributed by atoms with E-state index in [1.807, 2.05) is 0 Å². The summed E-state index contributed by atoms with van der Waals surface area (Å²) in [5.74, 6) is -0.642. The van der Waals surface area contributed by atoms with Crippen LogP contribution in [0.15, 0.2) is 12.2 Å². The Hall–Kier alpha value is -1.32. The van der Waals surface area contributed by atoms with Gasteiger partial charge in [0.1, 0.15) is 0 Å². The first-order chi connectivity index (χ1) is 9.83. The number of allylic oxidation sites excluding steroid dienone is 2. The quantitative estimate of drug-likeness (QED) is 0.591. The highest BCUT2D eigenvalue weighted by Gasteiger charge is 2.67. The highest BCUT2D eigenvalue weighted by atomic mass is 16.5. The van der Waals surface area contributed by atoms with Crippen molar-refractivity contribution in [3.8, 4) is 0 Å². The van der Waals surface area contributed by atoms with E-state index in [0.29, 0.717) is 11.8 Å². The zero-order chi connectivity index (χ0) is 15.9. The fourth-order valence-corrected chi connectivity index (χ4v) is 5.17. The molecule has 4 nitrogen and oxygen atoms in total. The number of ether oxygens (including phenoxy) is 2. The second-order valence-corrected chi connectivity index (χ2v) is 6.84. The molecule has 4 heteroatoms. The summed E-state index contributed by atoms with van der Waals surface area (Å²) in [6.07, 6.45) is 4.23. The first-order valence-electron chi connectivity index (χ1n) is 7.67. The maximum atomic E-state index is 12.3. The lowest BCUT2D eigenvalue weighted by molar-refractivity contribution is -0.158. The molecular weight excluding hydrogens is 268 g/mol. The van der Waals surface area contributed by atoms with Crippen molar-refractivity contribution < 1.29 is 19.1 Å². The molecule has 2 bridgehead atoms. The fourth-order valence-electron chi connectivity index (χ4n) is 5.17. The largest absolute Gasteiger partial charge is 0.469 e. The average molecular weight is 294 g/mol. The molecule has 0 heterocycles. The van der Waals surface area contributed by atoms with E-state index in [0.717, 1.165) is 0 Å². The van der Waals surface area contributed by atoms with Crippen LogP contribution in [0.1, 0.15) is 27.7 Å². The van der Waals surface area contributed by atoms with Gasteiger partial charge in [-0.3, -0.25) is 9.59 Å². The molecule has 1 fully saturated rings. The van der Waals surface area contributed by atoms with Gasteiger partial charge in [-0.2, -0.15) is 0 Å². The van der Waals surface area contributed by atoms with Crippen molar-refractivity contribution in [1.82, 2.24) is 0 Å². The Kier molecular flexibility index (Phi) is 4.18. The SMILES string of the molecule is COC(=O)C1C(C(=O)OC)C2C=CC1C2(C(C)C)C(C)C. The van der Waals surface area contributed by atoms with Crippen LogP contribution in [0.3, 0.4) is 0 Å². The van der Waals surface area contributed by atoms with Gasteiger partial charge in [0.15, 0.2) is 0 Å². The Labute approximate surface area is 126 Å². The van der Waals surface area contributed by atoms with E-state index in [1.165, 1.54) is 14.2 Å². The van der Waals surface area contributed by atoms with Gasteiger partial charge in [-0.1, -0.05) is 39.8 Å². The lowest BCUT2D eigenvalue weighted by Gasteiger charge is -2.43. The van der Waals surface area contributed by atoms with Crippen LogP contribution in [0.25, 0.3) is 0 Å². The van der Waals surface area contributed by atoms with Crippen LogP contribution in [0.5, 0.6) is 0 Å². The third-order valence-electron chi connectivity index (χ3n) is 5.79. The third-order valence-corrected chi connectivity index (χ3v) is 5.79. The van der Waals surface area contributed by atoms with Crippen LogP contribution < -0.4 is 0 Å². The fraction of sp³-hybridized carbons (Fsp3) is 0.765. The molecule has 2 aliphatic carbocycles. The summed E-state index contributed by atoms with van der Waals surface area (Å²) in [5, 5.41) is 0. The zero-order valence-corrected chi connectivity index (χ0v) is 13.8. The summed E-state index contributed by atoms with van der Waals surface area (Å²) in [4.78, 5) is 24.6. The number of hydrogen-bond acceptors (Lipinski definition) is 4. The molecule has 4 atom stereocenters. The lowest BCUT2D eigenvalue weighted by atomic mass is 9.60. The second-order valence-electron chi connectivity index (χ2n) is 6.84. The Morgan fingerprint density at radius 3 is 1.43 bits per heavy atom. The number of carbonyl (C=O) groups excluding carboxylic acids is 2. The number of rotatable bonds is 4. The van der Waals surface area contributed by atoms with Crippen LogP contribution in [0, 0.1) is 40.9 Å². The highest BCUT2D eigenvalue weighted by molar-refractivity contribution is 5.85. The molecule has 4 unspecified atom stereocenters. The summed E-state index contributed by atoms with van der Waals surface area (Å²) in [5.41, 5.74) is -0.0856. The summed E-state index contributed by atoms with van der Waals surface area (Å²) in [6, 6.07) is 0. The van der Waals surface area contributed by atoms with E-state index in [2.05, 4.69) is 39.8 Å². The summed E-state index contributed by atoms with van der Waals surface area (Å²) in [6.45, 7) is 8.73. The van der Waals surface area contributed by atoms with Gasteiger partial charge < -0.3 is 9.47 Å². The van der Waals surface area contributed by atoms with Crippen molar-refractivity contribution >= 4 is 11.9 Å². The van der Waals surface area contributed by atoms with Crippen LogP contribution in [-0.2, 0) is 19.1 Å². The number of hydrogen-bond donors (Lipinski definition) is 0. The second kappa shape index (κ2) is 5.47. The Bertz CT molecular complexity index is 421. The molecule has 118 valence electrons. The van der Waals surface area contributed by atoms with Gasteiger partial charge >= 0.3 is 11.9 Å². The number of fused-ring (bicyclic) bond motifs is 2. The maximum absolute atomic E-state index is 12.3. The Balaban J connectivity index is 2.56. The molecule has 0 N–H and O–H groups in total. The van der Waals surface area contributed by atoms with Crippen molar-refractivity contribution in [2.45, 2.75) is 27.7 Å². The predicted octanol–water partition coefficient (Wildman–Crippen LogP) is 2.68. The van der Waals surface area contributed by atoms with Crippen LogP contribution in [-0.4, -0.2) is 26.2 Å². The van der Waals surface area contributed by atoms with Gasteiger partial charge in [0.05, 0.1) is 26.1 Å². The van der Waals surface area contributed by atoms with Crippen LogP contribution in [0.2, 0.25) is 0 Å². The molecule has 0 amide bonds. The number of methoxy groups -OCH3 is 2. The highest BCUT2D eigenvalue weighted by Crippen LogP contribution is 2.66. The van der Waals surface area contributed by atoms with E-state index < -0.39 is 11.8 Å². The first-order valence-corrected chi connectivity index (χ1v) is 7.67. The van der Waals surface area contributed by atoms with E-state index in [9.17, 15) is 9.59 Å². The average Bonchev–Trinajstić information content (AvgIpc) is 2.97. The Morgan fingerprint density at radius 1 is 0.857 bits per heavy atom. The van der Waals surface area contributed by atoms with Gasteiger partial charge in [0.25, 0.3) is 0 Å². The van der Waals surface area contributed by atoms with Gasteiger partial charge in [-0.05, 0) is 29.1 Å². The predicted molar refractivity (Wildman–Crippen MR) is 79.2 cm³/mol. The van der Waals surface area contributed by atoms with E-state index in [4.69, 9.17) is 9.47 Å². The summed E-state index contributed by atoms with van der Waals surface area (Å²) >= 11 is 0. The molecule has 0 aromatic rings. The van der Waals surface area contributed by atoms with Crippen LogP contribution in [0.4, 0.5) is 0 Å². The van der Waals surface area contributed by atoms with Crippen molar-refractivity contribution in [1.29, 1.82) is 0 Å². The van der Waals surface area contributed by atoms with Gasteiger partial charge in [-0.25, -0.2) is 0 Å². The normalized spacial score (nSPS) is 32.8. The van der Waals surface area contributed by atoms with E-state index >= 15 is 0 Å². The van der Waals surface area contributed by atoms with Gasteiger partial charge in [-0.15, -0.1) is 0 Å². The maximum Gasteiger partial charge on any atom is 0.310 e. The zero-order valence-electron chi connectivity index (χ0n) is 13.8. The first kappa shape index (κ1) is 16.1. The number of carbonyl (C=O) groups is 2. The molecular formula is C17H26O4. The van der Waals surface area contributed by atoms with E-state index in [1.54, 1.807) is 0 Å². The van der Waals surface area contributed by atoms with Gasteiger partial charge in [0.2, 0.25) is 0 Å². The van der Waals surface area contributed by atoms with E-state index in [-0.39, 0.29) is 29.2 Å². The lowest BCUT2D eigenvalue weighted by Crippen LogP contribution is -2.40. The minimum absolute atomic E-state index is 0.0408. The standard InChI is InChI=1S/C17H26O4/c1-9(2)17(10(3)4)11-7-8-12(17)14(16(19)21-6)13(11)15(18)20-5/h7-14H,1-6H3. The molecule has 0 spiro atoms. The molecule has 0 radical (unpaired) electrons. The topological polar surface area (TPSA) is 52.6 Å². The molecule has 2 aliphatic rings. The van der Waals surface area contributed by atoms with Crippen LogP contribution >= 0.6 is 0 Å². The molecule has 0 aliphatic heterocycles. The smallest absolute Gasteiger partial charge is 0.310 e. The Morgan fingerprint density at radius 2 is 1.19 bits per heavy atom. The number of esters is 2. The summed E-state index contributed by atoms with van der Waals surface area (Å²) < 4.78 is 9.97. The molecule has 1 saturated carbocycles. The minimum Gasteiger partial charge on any atom is -0.469 e. The molecule has 0 saturated heterocycles. The third kappa shape index (κ3) is 1.95. The monoisotopic (exact) mass is 294 g/mol. The van der Waals surface area contributed by atoms with Crippen molar-refractivity contribution in [3.05, 3.63) is 12.2 Å².